The largest absolute Gasteiger partial charge is 0.507 e. The monoisotopic (exact) mass is 1460 g/mol. The van der Waals surface area contributed by atoms with Crippen LogP contribution in [-0.4, -0.2) is 14.2 Å². The molecule has 3 heterocycles. The summed E-state index contributed by atoms with van der Waals surface area (Å²) in [6.07, 6.45) is 3.74. The Balaban J connectivity index is 0.521. The van der Waals surface area contributed by atoms with Gasteiger partial charge in [-0.15, -0.1) is 0 Å². The summed E-state index contributed by atoms with van der Waals surface area (Å²) < 4.78 is 11.0. The maximum atomic E-state index is 10.6. The summed E-state index contributed by atoms with van der Waals surface area (Å²) in [5.41, 5.74) is 32.4. The molecule has 538 valence electrons. The van der Waals surface area contributed by atoms with Gasteiger partial charge in [-0.05, 0) is 223 Å². The number of rotatable bonds is 17. The lowest BCUT2D eigenvalue weighted by Gasteiger charge is -2.26. The molecule has 6 nitrogen and oxygen atoms in total. The topological polar surface area (TPSA) is 49.7 Å². The average Bonchev–Trinajstić information content (AvgIpc) is 1.58. The van der Waals surface area contributed by atoms with Gasteiger partial charge in [-0.2, -0.15) is 0 Å². The first-order chi connectivity index (χ1) is 56.3. The Bertz CT molecular complexity index is 7130. The highest BCUT2D eigenvalue weighted by molar-refractivity contribution is 6.12. The molecule has 20 aromatic rings. The van der Waals surface area contributed by atoms with Crippen LogP contribution in [0, 0.1) is 0 Å². The van der Waals surface area contributed by atoms with Crippen LogP contribution in [0.2, 0.25) is 0 Å². The van der Waals surface area contributed by atoms with Gasteiger partial charge in [0.1, 0.15) is 16.7 Å². The summed E-state index contributed by atoms with van der Waals surface area (Å²) >= 11 is 0. The molecule has 20 rings (SSSR count). The SMILES string of the molecule is C=C/C=c1\c(=C)oc2c(-c3ccc(-c4ccc5c(c4)c4ccccc4n5-c4ccc(-c5ccc(N(c6ccccc6)c6ccc(-c7ccc(N(c8ccccc8)c8ccc(-c9ccc(-n%10c%11ccccc%11c%11cc(-c%12ccc(-c%13cccc(-c%14ccccc%14O)c%13)cc%12)ccc%11%10)cc9)cc8)cc7)cc6)cc5)cc4)cc3)cccc12. The Morgan fingerprint density at radius 2 is 0.570 bits per heavy atom. The zero-order valence-electron chi connectivity index (χ0n) is 62.4. The second kappa shape index (κ2) is 29.0. The van der Waals surface area contributed by atoms with Gasteiger partial charge in [0.15, 0.2) is 0 Å². The molecule has 6 heteroatoms. The van der Waals surface area contributed by atoms with Crippen LogP contribution in [0.4, 0.5) is 34.1 Å². The molecule has 114 heavy (non-hydrogen) atoms. The fraction of sp³-hybridized carbons (Fsp3) is 0. The quantitative estimate of drug-likeness (QED) is 0.0987. The third-order valence-electron chi connectivity index (χ3n) is 22.4. The van der Waals surface area contributed by atoms with Crippen molar-refractivity contribution < 1.29 is 9.52 Å². The second-order valence-electron chi connectivity index (χ2n) is 29.1. The normalized spacial score (nSPS) is 11.7. The van der Waals surface area contributed by atoms with Crippen LogP contribution in [0.5, 0.6) is 5.75 Å². The maximum absolute atomic E-state index is 10.6. The highest BCUT2D eigenvalue weighted by Crippen LogP contribution is 2.44. The molecule has 0 atom stereocenters. The predicted molar refractivity (Wildman–Crippen MR) is 479 cm³/mol. The Morgan fingerprint density at radius 3 is 1.01 bits per heavy atom. The standard InChI is InChI=1S/C108H74N4O2/c1-3-18-95-72(2)114-108-97(28-17-29-100(95)108)82-39-37-81(38-40-82)85-54-68-106-102(71-85)99-27-11-14-31-104(99)112(106)94-65-51-78(52-66-94)76-47-61-92(62-48-76)110(88-23-8-5-9-24-88)90-57-43-74(44-58-90)73-41-55-89(56-42-73)109(87-21-6-4-7-22-87)91-59-45-75(46-60-91)77-49-63-93(64-50-77)111-103-30-13-10-26-98(103)101-70-84(53-67-105(101)111)80-35-33-79(34-36-80)83-19-16-20-86(69-83)96-25-12-15-32-107(96)113/h3-71,113H,1-2H2/b95-18+. The molecule has 0 saturated heterocycles. The van der Waals surface area contributed by atoms with E-state index in [0.29, 0.717) is 5.42 Å². The van der Waals surface area contributed by atoms with Gasteiger partial charge in [-0.3, -0.25) is 0 Å². The highest BCUT2D eigenvalue weighted by atomic mass is 16.3. The summed E-state index contributed by atoms with van der Waals surface area (Å²) in [5, 5.41) is 17.4. The molecule has 0 saturated carbocycles. The molecule has 17 aromatic carbocycles. The van der Waals surface area contributed by atoms with Crippen LogP contribution in [0.3, 0.4) is 0 Å². The first-order valence-corrected chi connectivity index (χ1v) is 38.6. The molecule has 3 aromatic heterocycles. The summed E-state index contributed by atoms with van der Waals surface area (Å²) in [4.78, 5) is 4.65. The zero-order chi connectivity index (χ0) is 76.2. The van der Waals surface area contributed by atoms with Gasteiger partial charge in [0.05, 0.1) is 22.1 Å². The highest BCUT2D eigenvalue weighted by Gasteiger charge is 2.21. The lowest BCUT2D eigenvalue weighted by atomic mass is 9.96. The van der Waals surface area contributed by atoms with E-state index in [1.165, 1.54) is 21.5 Å². The van der Waals surface area contributed by atoms with Gasteiger partial charge in [0.25, 0.3) is 0 Å². The van der Waals surface area contributed by atoms with Crippen LogP contribution in [-0.2, 0) is 0 Å². The maximum Gasteiger partial charge on any atom is 0.143 e. The van der Waals surface area contributed by atoms with Gasteiger partial charge in [0.2, 0.25) is 0 Å². The Hall–Kier alpha value is -15.2. The van der Waals surface area contributed by atoms with E-state index in [0.717, 1.165) is 173 Å². The number of hydrogen-bond acceptors (Lipinski definition) is 4. The molecular weight excluding hydrogens is 1390 g/mol. The number of benzene rings is 17. The van der Waals surface area contributed by atoms with E-state index in [1.807, 2.05) is 30.3 Å². The fourth-order valence-electron chi connectivity index (χ4n) is 16.7. The van der Waals surface area contributed by atoms with E-state index in [2.05, 4.69) is 408 Å². The van der Waals surface area contributed by atoms with Gasteiger partial charge in [0, 0.05) is 88.8 Å². The van der Waals surface area contributed by atoms with E-state index >= 15 is 0 Å². The van der Waals surface area contributed by atoms with Crippen molar-refractivity contribution in [3.05, 3.63) is 430 Å². The second-order valence-corrected chi connectivity index (χ2v) is 29.1. The van der Waals surface area contributed by atoms with Crippen molar-refractivity contribution in [3.63, 3.8) is 0 Å². The van der Waals surface area contributed by atoms with Gasteiger partial charge in [-0.25, -0.2) is 0 Å². The van der Waals surface area contributed by atoms with Crippen molar-refractivity contribution in [1.29, 1.82) is 0 Å². The van der Waals surface area contributed by atoms with Crippen molar-refractivity contribution in [3.8, 4) is 106 Å². The van der Waals surface area contributed by atoms with Crippen LogP contribution in [0.1, 0.15) is 0 Å². The zero-order valence-corrected chi connectivity index (χ0v) is 62.4. The minimum atomic E-state index is 0.279. The van der Waals surface area contributed by atoms with E-state index in [4.69, 9.17) is 4.42 Å². The molecule has 1 N–H and O–H groups in total. The first-order valence-electron chi connectivity index (χ1n) is 38.6. The number of phenols is 1. The number of hydrogen-bond donors (Lipinski definition) is 1. The van der Waals surface area contributed by atoms with E-state index in [-0.39, 0.29) is 5.75 Å². The van der Waals surface area contributed by atoms with Crippen molar-refractivity contribution in [2.24, 2.45) is 0 Å². The Morgan fingerprint density at radius 1 is 0.254 bits per heavy atom. The third kappa shape index (κ3) is 12.5. The van der Waals surface area contributed by atoms with Gasteiger partial charge in [-0.1, -0.05) is 286 Å². The minimum absolute atomic E-state index is 0.279. The first kappa shape index (κ1) is 68.1. The summed E-state index contributed by atoms with van der Waals surface area (Å²) in [5.74, 6) is 0.279. The van der Waals surface area contributed by atoms with Crippen LogP contribution >= 0.6 is 0 Å². The number of aromatic nitrogens is 2. The number of furan rings is 1. The number of fused-ring (bicyclic) bond motifs is 7. The molecule has 0 aliphatic rings. The third-order valence-corrected chi connectivity index (χ3v) is 22.4. The fourth-order valence-corrected chi connectivity index (χ4v) is 16.7. The summed E-state index contributed by atoms with van der Waals surface area (Å²) in [6.45, 7) is 8.06. The molecule has 0 fully saturated rings. The Kier molecular flexibility index (Phi) is 17.3. The smallest absolute Gasteiger partial charge is 0.143 e. The van der Waals surface area contributed by atoms with Crippen molar-refractivity contribution in [2.45, 2.75) is 0 Å². The molecule has 0 radical (unpaired) electrons. The molecular formula is C108H74N4O2. The lowest BCUT2D eigenvalue weighted by molar-refractivity contribution is 0.477. The minimum Gasteiger partial charge on any atom is -0.507 e. The van der Waals surface area contributed by atoms with Crippen molar-refractivity contribution in [1.82, 2.24) is 9.13 Å². The van der Waals surface area contributed by atoms with Crippen LogP contribution < -0.4 is 20.4 Å². The lowest BCUT2D eigenvalue weighted by Crippen LogP contribution is -2.17. The number of aromatic hydroxyl groups is 1. The molecule has 0 amide bonds. The predicted octanol–water partition coefficient (Wildman–Crippen LogP) is 28.0. The van der Waals surface area contributed by atoms with Crippen LogP contribution in [0.15, 0.2) is 424 Å². The molecule has 0 bridgehead atoms. The molecule has 0 aliphatic carbocycles. The van der Waals surface area contributed by atoms with Crippen molar-refractivity contribution >= 4 is 101 Å². The Labute approximate surface area is 661 Å². The van der Waals surface area contributed by atoms with E-state index < -0.39 is 0 Å². The molecule has 0 spiro atoms. The summed E-state index contributed by atoms with van der Waals surface area (Å²) in [7, 11) is 0. The van der Waals surface area contributed by atoms with Crippen molar-refractivity contribution in [2.75, 3.05) is 9.80 Å². The number of anilines is 6. The van der Waals surface area contributed by atoms with E-state index in [9.17, 15) is 5.11 Å². The molecule has 0 aliphatic heterocycles. The number of allylic oxidation sites excluding steroid dienone is 1. The van der Waals surface area contributed by atoms with E-state index in [1.54, 1.807) is 12.1 Å². The number of phenolic OH excluding ortho intramolecular Hbond substituents is 1. The van der Waals surface area contributed by atoms with Crippen LogP contribution in [0.25, 0.3) is 168 Å². The number of nitrogens with zero attached hydrogens (tertiary/aromatic N) is 4. The number of para-hydroxylation sites is 6. The average molecular weight is 1460 g/mol. The summed E-state index contributed by atoms with van der Waals surface area (Å²) in [6, 6.07) is 146. The van der Waals surface area contributed by atoms with Gasteiger partial charge >= 0.3 is 0 Å². The molecule has 0 unspecified atom stereocenters. The van der Waals surface area contributed by atoms with Gasteiger partial charge < -0.3 is 28.5 Å².